The van der Waals surface area contributed by atoms with Crippen molar-refractivity contribution < 1.29 is 9.53 Å². The molecule has 0 spiro atoms. The molecule has 0 aliphatic carbocycles. The maximum atomic E-state index is 10.6. The van der Waals surface area contributed by atoms with E-state index in [1.165, 1.54) is 5.56 Å². The second-order valence-corrected chi connectivity index (χ2v) is 4.40. The summed E-state index contributed by atoms with van der Waals surface area (Å²) in [6.45, 7) is 2.86. The second kappa shape index (κ2) is 7.24. The third-order valence-electron chi connectivity index (χ3n) is 3.07. The van der Waals surface area contributed by atoms with Crippen molar-refractivity contribution in [3.05, 3.63) is 35.9 Å². The summed E-state index contributed by atoms with van der Waals surface area (Å²) in [5, 5.41) is 0. The Bertz CT molecular complexity index is 365. The maximum Gasteiger partial charge on any atom is 0.404 e. The van der Waals surface area contributed by atoms with Gasteiger partial charge < -0.3 is 10.5 Å². The van der Waals surface area contributed by atoms with E-state index in [2.05, 4.69) is 29.2 Å². The lowest BCUT2D eigenvalue weighted by atomic mass is 10.1. The lowest BCUT2D eigenvalue weighted by Crippen LogP contribution is -2.38. The smallest absolute Gasteiger partial charge is 0.404 e. The molecule has 1 aliphatic heterocycles. The van der Waals surface area contributed by atoms with Crippen LogP contribution in [0.25, 0.3) is 0 Å². The van der Waals surface area contributed by atoms with E-state index in [0.29, 0.717) is 0 Å². The molecule has 100 valence electrons. The Hall–Kier alpha value is -1.26. The molecule has 5 heteroatoms. The van der Waals surface area contributed by atoms with Gasteiger partial charge in [-0.15, -0.1) is 12.4 Å². The van der Waals surface area contributed by atoms with E-state index in [4.69, 9.17) is 10.5 Å². The molecule has 0 aromatic heterocycles. The molecular formula is C13H19ClN2O2. The Morgan fingerprint density at radius 3 is 2.44 bits per heavy atom. The number of carbonyl (C=O) groups is 1. The molecule has 0 atom stereocenters. The Morgan fingerprint density at radius 2 is 1.89 bits per heavy atom. The molecule has 0 unspecified atom stereocenters. The van der Waals surface area contributed by atoms with Crippen LogP contribution in [0.15, 0.2) is 30.3 Å². The number of ether oxygens (including phenoxy) is 1. The van der Waals surface area contributed by atoms with Gasteiger partial charge in [-0.1, -0.05) is 30.3 Å². The first-order valence-electron chi connectivity index (χ1n) is 5.96. The normalized spacial score (nSPS) is 16.9. The molecule has 1 heterocycles. The standard InChI is InChI=1S/C13H18N2O2.ClH/c14-13(16)17-12-6-8-15(9-7-12)10-11-4-2-1-3-5-11;/h1-5,12H,6-10H2,(H2,14,16);1H. The number of primary amides is 1. The van der Waals surface area contributed by atoms with Gasteiger partial charge in [0.1, 0.15) is 6.10 Å². The summed E-state index contributed by atoms with van der Waals surface area (Å²) in [6, 6.07) is 10.4. The summed E-state index contributed by atoms with van der Waals surface area (Å²) in [7, 11) is 0. The fourth-order valence-corrected chi connectivity index (χ4v) is 2.19. The van der Waals surface area contributed by atoms with Crippen LogP contribution in [0.4, 0.5) is 4.79 Å². The van der Waals surface area contributed by atoms with Crippen LogP contribution in [0.2, 0.25) is 0 Å². The first kappa shape index (κ1) is 14.8. The number of nitrogens with two attached hydrogens (primary N) is 1. The van der Waals surface area contributed by atoms with Gasteiger partial charge in [0.15, 0.2) is 0 Å². The number of hydrogen-bond donors (Lipinski definition) is 1. The predicted molar refractivity (Wildman–Crippen MR) is 72.7 cm³/mol. The van der Waals surface area contributed by atoms with Crippen LogP contribution in [-0.4, -0.2) is 30.2 Å². The summed E-state index contributed by atoms with van der Waals surface area (Å²) in [4.78, 5) is 13.0. The molecule has 18 heavy (non-hydrogen) atoms. The fraction of sp³-hybridized carbons (Fsp3) is 0.462. The van der Waals surface area contributed by atoms with Crippen LogP contribution in [0.3, 0.4) is 0 Å². The number of carbonyl (C=O) groups excluding carboxylic acids is 1. The zero-order valence-electron chi connectivity index (χ0n) is 10.2. The van der Waals surface area contributed by atoms with Crippen molar-refractivity contribution in [3.8, 4) is 0 Å². The summed E-state index contributed by atoms with van der Waals surface area (Å²) in [5.41, 5.74) is 6.33. The van der Waals surface area contributed by atoms with Gasteiger partial charge in [0.2, 0.25) is 0 Å². The van der Waals surface area contributed by atoms with Gasteiger partial charge in [-0.3, -0.25) is 4.90 Å². The van der Waals surface area contributed by atoms with Crippen molar-refractivity contribution in [2.75, 3.05) is 13.1 Å². The fourth-order valence-electron chi connectivity index (χ4n) is 2.19. The summed E-state index contributed by atoms with van der Waals surface area (Å²) in [6.07, 6.45) is 1.08. The van der Waals surface area contributed by atoms with E-state index in [0.717, 1.165) is 32.5 Å². The number of likely N-dealkylation sites (tertiary alicyclic amines) is 1. The van der Waals surface area contributed by atoms with Gasteiger partial charge in [0, 0.05) is 19.6 Å². The summed E-state index contributed by atoms with van der Waals surface area (Å²) in [5.74, 6) is 0. The molecule has 1 amide bonds. The van der Waals surface area contributed by atoms with Crippen LogP contribution >= 0.6 is 12.4 Å². The first-order valence-corrected chi connectivity index (χ1v) is 5.96. The number of rotatable bonds is 3. The number of amides is 1. The van der Waals surface area contributed by atoms with Gasteiger partial charge in [0.05, 0.1) is 0 Å². The minimum Gasteiger partial charge on any atom is -0.446 e. The van der Waals surface area contributed by atoms with Gasteiger partial charge in [-0.25, -0.2) is 4.79 Å². The third kappa shape index (κ3) is 4.55. The van der Waals surface area contributed by atoms with Crippen molar-refractivity contribution >= 4 is 18.5 Å². The van der Waals surface area contributed by atoms with E-state index in [-0.39, 0.29) is 18.5 Å². The van der Waals surface area contributed by atoms with Crippen LogP contribution < -0.4 is 5.73 Å². The highest BCUT2D eigenvalue weighted by molar-refractivity contribution is 5.85. The van der Waals surface area contributed by atoms with Crippen LogP contribution in [0, 0.1) is 0 Å². The molecule has 1 aliphatic rings. The minimum atomic E-state index is -0.661. The molecule has 0 radical (unpaired) electrons. The van der Waals surface area contributed by atoms with Crippen LogP contribution in [-0.2, 0) is 11.3 Å². The molecule has 1 aromatic rings. The quantitative estimate of drug-likeness (QED) is 0.916. The molecule has 1 saturated heterocycles. The molecular weight excluding hydrogens is 252 g/mol. The monoisotopic (exact) mass is 270 g/mol. The number of piperidine rings is 1. The average Bonchev–Trinajstić information content (AvgIpc) is 2.32. The molecule has 1 aromatic carbocycles. The van der Waals surface area contributed by atoms with Gasteiger partial charge in [-0.05, 0) is 18.4 Å². The third-order valence-corrected chi connectivity index (χ3v) is 3.07. The number of nitrogens with zero attached hydrogens (tertiary/aromatic N) is 1. The van der Waals surface area contributed by atoms with Gasteiger partial charge >= 0.3 is 6.09 Å². The van der Waals surface area contributed by atoms with E-state index in [1.54, 1.807) is 0 Å². The van der Waals surface area contributed by atoms with Crippen molar-refractivity contribution in [2.24, 2.45) is 5.73 Å². The van der Waals surface area contributed by atoms with Gasteiger partial charge in [0.25, 0.3) is 0 Å². The first-order chi connectivity index (χ1) is 8.24. The molecule has 2 N–H and O–H groups in total. The van der Waals surface area contributed by atoms with E-state index in [9.17, 15) is 4.79 Å². The van der Waals surface area contributed by atoms with Crippen molar-refractivity contribution in [2.45, 2.75) is 25.5 Å². The SMILES string of the molecule is Cl.NC(=O)OC1CCN(Cc2ccccc2)CC1. The predicted octanol–water partition coefficient (Wildman–Crippen LogP) is 2.17. The lowest BCUT2D eigenvalue weighted by Gasteiger charge is -2.31. The molecule has 0 saturated carbocycles. The average molecular weight is 271 g/mol. The Labute approximate surface area is 114 Å². The highest BCUT2D eigenvalue weighted by Crippen LogP contribution is 2.16. The molecule has 0 bridgehead atoms. The topological polar surface area (TPSA) is 55.6 Å². The minimum absolute atomic E-state index is 0. The Morgan fingerprint density at radius 1 is 1.28 bits per heavy atom. The lowest BCUT2D eigenvalue weighted by molar-refractivity contribution is 0.0541. The Kier molecular flexibility index (Phi) is 5.95. The highest BCUT2D eigenvalue weighted by atomic mass is 35.5. The van der Waals surface area contributed by atoms with E-state index < -0.39 is 6.09 Å². The van der Waals surface area contributed by atoms with E-state index >= 15 is 0 Å². The number of hydrogen-bond acceptors (Lipinski definition) is 3. The zero-order valence-corrected chi connectivity index (χ0v) is 11.1. The zero-order chi connectivity index (χ0) is 12.1. The van der Waals surface area contributed by atoms with Crippen LogP contribution in [0.5, 0.6) is 0 Å². The van der Waals surface area contributed by atoms with Crippen molar-refractivity contribution in [1.82, 2.24) is 4.90 Å². The van der Waals surface area contributed by atoms with Crippen molar-refractivity contribution in [1.29, 1.82) is 0 Å². The second-order valence-electron chi connectivity index (χ2n) is 4.40. The molecule has 2 rings (SSSR count). The molecule has 4 nitrogen and oxygen atoms in total. The van der Waals surface area contributed by atoms with Gasteiger partial charge in [-0.2, -0.15) is 0 Å². The van der Waals surface area contributed by atoms with E-state index in [1.807, 2.05) is 6.07 Å². The molecule has 1 fully saturated rings. The van der Waals surface area contributed by atoms with Crippen LogP contribution in [0.1, 0.15) is 18.4 Å². The number of benzene rings is 1. The largest absolute Gasteiger partial charge is 0.446 e. The summed E-state index contributed by atoms with van der Waals surface area (Å²) < 4.78 is 5.00. The number of halogens is 1. The highest BCUT2D eigenvalue weighted by Gasteiger charge is 2.21. The Balaban J connectivity index is 0.00000162. The summed E-state index contributed by atoms with van der Waals surface area (Å²) >= 11 is 0. The van der Waals surface area contributed by atoms with Crippen molar-refractivity contribution in [3.63, 3.8) is 0 Å². The maximum absolute atomic E-state index is 10.6.